The second-order valence-corrected chi connectivity index (χ2v) is 5.94. The summed E-state index contributed by atoms with van der Waals surface area (Å²) in [6, 6.07) is 21.8. The van der Waals surface area contributed by atoms with Gasteiger partial charge in [-0.15, -0.1) is 0 Å². The fraction of sp³-hybridized carbons (Fsp3) is 0.0909. The number of anilines is 1. The summed E-state index contributed by atoms with van der Waals surface area (Å²) in [5.74, 6) is 0.308. The average molecular weight is 376 g/mol. The highest BCUT2D eigenvalue weighted by Gasteiger charge is 2.06. The molecule has 142 valence electrons. The first-order valence-corrected chi connectivity index (χ1v) is 8.63. The summed E-state index contributed by atoms with van der Waals surface area (Å²) in [6.45, 7) is 0.436. The zero-order valence-electron chi connectivity index (χ0n) is 15.3. The Kier molecular flexibility index (Phi) is 6.25. The van der Waals surface area contributed by atoms with Gasteiger partial charge in [0.15, 0.2) is 11.5 Å². The number of carboxylic acids is 1. The molecule has 3 aromatic rings. The lowest BCUT2D eigenvalue weighted by molar-refractivity contribution is 0.0697. The van der Waals surface area contributed by atoms with Gasteiger partial charge in [0.1, 0.15) is 6.61 Å². The number of methoxy groups -OCH3 is 1. The van der Waals surface area contributed by atoms with Gasteiger partial charge >= 0.3 is 5.97 Å². The van der Waals surface area contributed by atoms with Crippen LogP contribution in [0.25, 0.3) is 0 Å². The molecule has 0 saturated carbocycles. The Hall–Kier alpha value is -3.80. The molecule has 0 atom stereocenters. The Labute approximate surface area is 163 Å². The number of benzene rings is 3. The SMILES string of the molecule is COc1ccc(/C=N\Nc2ccc(C(=O)O)cc2)cc1OCc1ccccc1. The van der Waals surface area contributed by atoms with Gasteiger partial charge in [-0.3, -0.25) is 5.43 Å². The van der Waals surface area contributed by atoms with Crippen molar-refractivity contribution in [1.29, 1.82) is 0 Å². The third-order valence-electron chi connectivity index (χ3n) is 3.96. The predicted octanol–water partition coefficient (Wildman–Crippen LogP) is 4.42. The van der Waals surface area contributed by atoms with Gasteiger partial charge in [-0.25, -0.2) is 4.79 Å². The first kappa shape index (κ1) is 19.0. The van der Waals surface area contributed by atoms with Crippen LogP contribution in [-0.4, -0.2) is 24.4 Å². The molecule has 0 heterocycles. The van der Waals surface area contributed by atoms with E-state index in [1.807, 2.05) is 48.5 Å². The number of hydrogen-bond acceptors (Lipinski definition) is 5. The molecular weight excluding hydrogens is 356 g/mol. The van der Waals surface area contributed by atoms with E-state index in [1.165, 1.54) is 12.1 Å². The van der Waals surface area contributed by atoms with Crippen molar-refractivity contribution in [3.8, 4) is 11.5 Å². The van der Waals surface area contributed by atoms with Crippen LogP contribution in [0.3, 0.4) is 0 Å². The lowest BCUT2D eigenvalue weighted by Gasteiger charge is -2.11. The summed E-state index contributed by atoms with van der Waals surface area (Å²) >= 11 is 0. The lowest BCUT2D eigenvalue weighted by Crippen LogP contribution is -1.99. The minimum absolute atomic E-state index is 0.227. The van der Waals surface area contributed by atoms with Crippen molar-refractivity contribution >= 4 is 17.9 Å². The van der Waals surface area contributed by atoms with Gasteiger partial charge in [0, 0.05) is 0 Å². The summed E-state index contributed by atoms with van der Waals surface area (Å²) in [7, 11) is 1.60. The van der Waals surface area contributed by atoms with Crippen LogP contribution < -0.4 is 14.9 Å². The topological polar surface area (TPSA) is 80.2 Å². The van der Waals surface area contributed by atoms with E-state index in [0.717, 1.165) is 11.1 Å². The van der Waals surface area contributed by atoms with Crippen LogP contribution in [-0.2, 0) is 6.61 Å². The van der Waals surface area contributed by atoms with Crippen LogP contribution in [0.2, 0.25) is 0 Å². The smallest absolute Gasteiger partial charge is 0.335 e. The summed E-state index contributed by atoms with van der Waals surface area (Å²) in [5, 5.41) is 13.1. The van der Waals surface area contributed by atoms with Crippen molar-refractivity contribution in [2.75, 3.05) is 12.5 Å². The number of ether oxygens (including phenoxy) is 2. The van der Waals surface area contributed by atoms with Gasteiger partial charge in [-0.1, -0.05) is 30.3 Å². The predicted molar refractivity (Wildman–Crippen MR) is 108 cm³/mol. The zero-order valence-corrected chi connectivity index (χ0v) is 15.3. The van der Waals surface area contributed by atoms with Crippen LogP contribution in [0.1, 0.15) is 21.5 Å². The molecule has 0 radical (unpaired) electrons. The molecule has 0 aliphatic heterocycles. The van der Waals surface area contributed by atoms with Gasteiger partial charge < -0.3 is 14.6 Å². The zero-order chi connectivity index (χ0) is 19.8. The molecular formula is C22H20N2O4. The number of hydrazone groups is 1. The number of carbonyl (C=O) groups is 1. The van der Waals surface area contributed by atoms with Crippen LogP contribution in [0.4, 0.5) is 5.69 Å². The molecule has 6 nitrogen and oxygen atoms in total. The third kappa shape index (κ3) is 5.11. The normalized spacial score (nSPS) is 10.6. The van der Waals surface area contributed by atoms with Crippen molar-refractivity contribution in [2.45, 2.75) is 6.61 Å². The molecule has 0 unspecified atom stereocenters. The van der Waals surface area contributed by atoms with Crippen molar-refractivity contribution in [2.24, 2.45) is 5.10 Å². The maximum atomic E-state index is 10.9. The molecule has 6 heteroatoms. The molecule has 0 aliphatic rings. The van der Waals surface area contributed by atoms with Crippen LogP contribution in [0.15, 0.2) is 77.9 Å². The molecule has 3 rings (SSSR count). The summed E-state index contributed by atoms with van der Waals surface area (Å²) in [5.41, 5.74) is 5.68. The van der Waals surface area contributed by atoms with E-state index in [2.05, 4.69) is 10.5 Å². The van der Waals surface area contributed by atoms with Crippen LogP contribution >= 0.6 is 0 Å². The highest BCUT2D eigenvalue weighted by molar-refractivity contribution is 5.88. The third-order valence-corrected chi connectivity index (χ3v) is 3.96. The Bertz CT molecular complexity index is 954. The molecule has 0 bridgehead atoms. The maximum Gasteiger partial charge on any atom is 0.335 e. The molecule has 28 heavy (non-hydrogen) atoms. The summed E-state index contributed by atoms with van der Waals surface area (Å²) < 4.78 is 11.3. The molecule has 0 aliphatic carbocycles. The highest BCUT2D eigenvalue weighted by Crippen LogP contribution is 2.28. The largest absolute Gasteiger partial charge is 0.493 e. The lowest BCUT2D eigenvalue weighted by atomic mass is 10.2. The van der Waals surface area contributed by atoms with Crippen molar-refractivity contribution < 1.29 is 19.4 Å². The monoisotopic (exact) mass is 376 g/mol. The molecule has 0 saturated heterocycles. The van der Waals surface area contributed by atoms with E-state index >= 15 is 0 Å². The summed E-state index contributed by atoms with van der Waals surface area (Å²) in [4.78, 5) is 10.9. The number of carboxylic acid groups (broad SMARTS) is 1. The van der Waals surface area contributed by atoms with Gasteiger partial charge in [0.25, 0.3) is 0 Å². The van der Waals surface area contributed by atoms with Gasteiger partial charge in [0.05, 0.1) is 24.6 Å². The number of nitrogens with zero attached hydrogens (tertiary/aromatic N) is 1. The quantitative estimate of drug-likeness (QED) is 0.449. The van der Waals surface area contributed by atoms with Crippen molar-refractivity contribution in [1.82, 2.24) is 0 Å². The minimum Gasteiger partial charge on any atom is -0.493 e. The second kappa shape index (κ2) is 9.23. The Morgan fingerprint density at radius 3 is 2.46 bits per heavy atom. The van der Waals surface area contributed by atoms with Gasteiger partial charge in [-0.05, 0) is 53.6 Å². The van der Waals surface area contributed by atoms with E-state index in [0.29, 0.717) is 23.8 Å². The highest BCUT2D eigenvalue weighted by atomic mass is 16.5. The van der Waals surface area contributed by atoms with E-state index in [1.54, 1.807) is 25.5 Å². The van der Waals surface area contributed by atoms with E-state index in [4.69, 9.17) is 14.6 Å². The summed E-state index contributed by atoms with van der Waals surface area (Å²) in [6.07, 6.45) is 1.65. The van der Waals surface area contributed by atoms with E-state index in [-0.39, 0.29) is 5.56 Å². The van der Waals surface area contributed by atoms with Crippen molar-refractivity contribution in [3.05, 3.63) is 89.5 Å². The first-order chi connectivity index (χ1) is 13.7. The molecule has 0 amide bonds. The second-order valence-electron chi connectivity index (χ2n) is 5.94. The molecule has 0 fully saturated rings. The molecule has 3 aromatic carbocycles. The average Bonchev–Trinajstić information content (AvgIpc) is 2.73. The molecule has 0 spiro atoms. The fourth-order valence-corrected chi connectivity index (χ4v) is 2.49. The maximum absolute atomic E-state index is 10.9. The Balaban J connectivity index is 1.66. The van der Waals surface area contributed by atoms with Crippen molar-refractivity contribution in [3.63, 3.8) is 0 Å². The number of hydrogen-bond donors (Lipinski definition) is 2. The number of aromatic carboxylic acids is 1. The minimum atomic E-state index is -0.962. The Morgan fingerprint density at radius 1 is 1.04 bits per heavy atom. The van der Waals surface area contributed by atoms with Gasteiger partial charge in [0.2, 0.25) is 0 Å². The van der Waals surface area contributed by atoms with Crippen LogP contribution in [0.5, 0.6) is 11.5 Å². The number of rotatable bonds is 8. The fourth-order valence-electron chi connectivity index (χ4n) is 2.49. The molecule has 0 aromatic heterocycles. The van der Waals surface area contributed by atoms with Crippen LogP contribution in [0, 0.1) is 0 Å². The number of nitrogens with one attached hydrogen (secondary N) is 1. The standard InChI is InChI=1S/C22H20N2O4/c1-27-20-12-7-17(13-21(20)28-15-16-5-3-2-4-6-16)14-23-24-19-10-8-18(9-11-19)22(25)26/h2-14,24H,15H2,1H3,(H,25,26)/b23-14-. The first-order valence-electron chi connectivity index (χ1n) is 8.63. The molecule has 2 N–H and O–H groups in total. The Morgan fingerprint density at radius 2 is 1.79 bits per heavy atom. The van der Waals surface area contributed by atoms with E-state index in [9.17, 15) is 4.79 Å². The van der Waals surface area contributed by atoms with Gasteiger partial charge in [-0.2, -0.15) is 5.10 Å². The van der Waals surface area contributed by atoms with E-state index < -0.39 is 5.97 Å².